The Hall–Kier alpha value is -4.07. The number of carbonyl (C=O) groups is 3. The lowest BCUT2D eigenvalue weighted by Crippen LogP contribution is -2.50. The highest BCUT2D eigenvalue weighted by molar-refractivity contribution is 6.00. The number of ether oxygens (including phenoxy) is 1. The Morgan fingerprint density at radius 2 is 1.72 bits per heavy atom. The summed E-state index contributed by atoms with van der Waals surface area (Å²) in [4.78, 5) is 42.1. The Morgan fingerprint density at radius 1 is 1.00 bits per heavy atom. The predicted molar refractivity (Wildman–Crippen MR) is 136 cm³/mol. The Balaban J connectivity index is 1.47. The number of carbonyl (C=O) groups excluding carboxylic acids is 3. The molecule has 1 fully saturated rings. The predicted octanol–water partition coefficient (Wildman–Crippen LogP) is 3.96. The highest BCUT2D eigenvalue weighted by Crippen LogP contribution is 2.42. The zero-order chi connectivity index (χ0) is 25.2. The van der Waals surface area contributed by atoms with Crippen LogP contribution in [0.5, 0.6) is 0 Å². The van der Waals surface area contributed by atoms with Crippen LogP contribution in [0.25, 0.3) is 5.69 Å². The van der Waals surface area contributed by atoms with E-state index in [4.69, 9.17) is 4.74 Å². The highest BCUT2D eigenvalue weighted by Gasteiger charge is 2.40. The second-order valence-corrected chi connectivity index (χ2v) is 9.19. The third-order valence-corrected chi connectivity index (χ3v) is 6.62. The summed E-state index contributed by atoms with van der Waals surface area (Å²) in [6.07, 6.45) is 3.68. The van der Waals surface area contributed by atoms with E-state index < -0.39 is 12.0 Å². The van der Waals surface area contributed by atoms with Crippen molar-refractivity contribution in [3.63, 3.8) is 0 Å². The summed E-state index contributed by atoms with van der Waals surface area (Å²) in [6.45, 7) is 3.68. The van der Waals surface area contributed by atoms with Gasteiger partial charge in [0.1, 0.15) is 19.1 Å². The number of esters is 1. The van der Waals surface area contributed by atoms with Crippen molar-refractivity contribution in [1.29, 1.82) is 0 Å². The number of benzene rings is 2. The summed E-state index contributed by atoms with van der Waals surface area (Å²) in [6, 6.07) is 19.2. The molecular formula is C28H30N4O4. The highest BCUT2D eigenvalue weighted by atomic mass is 16.5. The fourth-order valence-electron chi connectivity index (χ4n) is 4.76. The number of hydrogen-bond donors (Lipinski definition) is 1. The average molecular weight is 487 g/mol. The third kappa shape index (κ3) is 4.58. The summed E-state index contributed by atoms with van der Waals surface area (Å²) < 4.78 is 7.03. The normalized spacial score (nSPS) is 16.1. The fraction of sp³-hybridized carbons (Fsp3) is 0.321. The Morgan fingerprint density at radius 3 is 2.42 bits per heavy atom. The largest absolute Gasteiger partial charge is 0.465 e. The van der Waals surface area contributed by atoms with Gasteiger partial charge in [-0.05, 0) is 56.5 Å². The second kappa shape index (κ2) is 9.89. The number of nitrogens with zero attached hydrogens (tertiary/aromatic N) is 3. The molecule has 0 bridgehead atoms. The van der Waals surface area contributed by atoms with Crippen LogP contribution in [0.2, 0.25) is 0 Å². The number of rotatable bonds is 7. The fourth-order valence-corrected chi connectivity index (χ4v) is 4.76. The van der Waals surface area contributed by atoms with Gasteiger partial charge in [-0.25, -0.2) is 4.79 Å². The molecule has 1 aliphatic carbocycles. The van der Waals surface area contributed by atoms with E-state index in [0.29, 0.717) is 0 Å². The zero-order valence-corrected chi connectivity index (χ0v) is 20.5. The van der Waals surface area contributed by atoms with Crippen LogP contribution in [-0.2, 0) is 14.3 Å². The summed E-state index contributed by atoms with van der Waals surface area (Å²) in [7, 11) is 0. The molecule has 1 aromatic heterocycles. The molecule has 8 nitrogen and oxygen atoms in total. The van der Waals surface area contributed by atoms with Gasteiger partial charge in [-0.2, -0.15) is 0 Å². The molecular weight excluding hydrogens is 456 g/mol. The molecule has 36 heavy (non-hydrogen) atoms. The maximum atomic E-state index is 14.0. The first-order valence-corrected chi connectivity index (χ1v) is 12.3. The zero-order valence-electron chi connectivity index (χ0n) is 20.5. The van der Waals surface area contributed by atoms with Crippen LogP contribution < -0.4 is 10.2 Å². The molecule has 1 aliphatic heterocycles. The SMILES string of the molecule is CCOC(=O)CNC(=O)N(CC(=O)N1c2ccccc2-n2cccc2C1c1ccc(C)cc1)C1CC1. The van der Waals surface area contributed by atoms with Crippen molar-refractivity contribution in [2.75, 3.05) is 24.6 Å². The van der Waals surface area contributed by atoms with Gasteiger partial charge in [-0.1, -0.05) is 42.0 Å². The van der Waals surface area contributed by atoms with Gasteiger partial charge in [0.2, 0.25) is 5.91 Å². The second-order valence-electron chi connectivity index (χ2n) is 9.19. The van der Waals surface area contributed by atoms with Crippen LogP contribution in [0, 0.1) is 6.92 Å². The maximum Gasteiger partial charge on any atom is 0.325 e. The van der Waals surface area contributed by atoms with Crippen LogP contribution in [0.3, 0.4) is 0 Å². The van der Waals surface area contributed by atoms with E-state index in [2.05, 4.69) is 22.0 Å². The van der Waals surface area contributed by atoms with E-state index in [-0.39, 0.29) is 37.7 Å². The van der Waals surface area contributed by atoms with Gasteiger partial charge in [0, 0.05) is 12.2 Å². The van der Waals surface area contributed by atoms with Crippen molar-refractivity contribution in [2.24, 2.45) is 0 Å². The van der Waals surface area contributed by atoms with Crippen molar-refractivity contribution in [1.82, 2.24) is 14.8 Å². The van der Waals surface area contributed by atoms with Gasteiger partial charge in [0.05, 0.1) is 23.7 Å². The number of hydrogen-bond acceptors (Lipinski definition) is 4. The van der Waals surface area contributed by atoms with Crippen molar-refractivity contribution < 1.29 is 19.1 Å². The first kappa shape index (κ1) is 23.7. The van der Waals surface area contributed by atoms with Gasteiger partial charge in [0.15, 0.2) is 0 Å². The first-order valence-electron chi connectivity index (χ1n) is 12.3. The Kier molecular flexibility index (Phi) is 6.50. The molecule has 0 spiro atoms. The summed E-state index contributed by atoms with van der Waals surface area (Å²) in [5, 5.41) is 2.61. The minimum atomic E-state index is -0.502. The Labute approximate surface area is 210 Å². The molecule has 1 N–H and O–H groups in total. The number of para-hydroxylation sites is 2. The van der Waals surface area contributed by atoms with E-state index in [0.717, 1.165) is 41.0 Å². The van der Waals surface area contributed by atoms with Gasteiger partial charge in [-0.3, -0.25) is 14.5 Å². The van der Waals surface area contributed by atoms with Crippen LogP contribution in [-0.4, -0.2) is 53.1 Å². The molecule has 0 saturated heterocycles. The topological polar surface area (TPSA) is 83.9 Å². The molecule has 2 heterocycles. The van der Waals surface area contributed by atoms with Crippen molar-refractivity contribution >= 4 is 23.6 Å². The van der Waals surface area contributed by atoms with E-state index in [9.17, 15) is 14.4 Å². The Bertz CT molecular complexity index is 1280. The molecule has 1 unspecified atom stereocenters. The number of aryl methyl sites for hydroxylation is 1. The lowest BCUT2D eigenvalue weighted by molar-refractivity contribution is -0.141. The number of urea groups is 1. The molecule has 5 rings (SSSR count). The third-order valence-electron chi connectivity index (χ3n) is 6.62. The first-order chi connectivity index (χ1) is 17.5. The van der Waals surface area contributed by atoms with Crippen LogP contribution >= 0.6 is 0 Å². The molecule has 3 amide bonds. The number of anilines is 1. The maximum absolute atomic E-state index is 14.0. The molecule has 0 radical (unpaired) electrons. The van der Waals surface area contributed by atoms with Gasteiger partial charge >= 0.3 is 12.0 Å². The van der Waals surface area contributed by atoms with Crippen molar-refractivity contribution in [3.8, 4) is 5.69 Å². The van der Waals surface area contributed by atoms with Crippen LogP contribution in [0.1, 0.15) is 42.6 Å². The van der Waals surface area contributed by atoms with E-state index in [1.807, 2.05) is 66.6 Å². The summed E-state index contributed by atoms with van der Waals surface area (Å²) >= 11 is 0. The van der Waals surface area contributed by atoms with E-state index >= 15 is 0 Å². The summed E-state index contributed by atoms with van der Waals surface area (Å²) in [5.41, 5.74) is 4.82. The summed E-state index contributed by atoms with van der Waals surface area (Å²) in [5.74, 6) is -0.684. The van der Waals surface area contributed by atoms with Gasteiger partial charge in [-0.15, -0.1) is 0 Å². The average Bonchev–Trinajstić information content (AvgIpc) is 3.60. The minimum absolute atomic E-state index is 0.0159. The minimum Gasteiger partial charge on any atom is -0.465 e. The lowest BCUT2D eigenvalue weighted by Gasteiger charge is -2.39. The van der Waals surface area contributed by atoms with Crippen molar-refractivity contribution in [2.45, 2.75) is 38.8 Å². The molecule has 2 aliphatic rings. The molecule has 1 saturated carbocycles. The quantitative estimate of drug-likeness (QED) is 0.513. The molecule has 3 aromatic rings. The van der Waals surface area contributed by atoms with Crippen molar-refractivity contribution in [3.05, 3.63) is 83.7 Å². The monoisotopic (exact) mass is 486 g/mol. The van der Waals surface area contributed by atoms with Gasteiger partial charge in [0.25, 0.3) is 0 Å². The van der Waals surface area contributed by atoms with Crippen LogP contribution in [0.4, 0.5) is 10.5 Å². The van der Waals surface area contributed by atoms with Crippen LogP contribution in [0.15, 0.2) is 66.9 Å². The smallest absolute Gasteiger partial charge is 0.325 e. The van der Waals surface area contributed by atoms with E-state index in [1.165, 1.54) is 0 Å². The lowest BCUT2D eigenvalue weighted by atomic mass is 9.97. The number of nitrogens with one attached hydrogen (secondary N) is 1. The standard InChI is InChI=1S/C28H30N4O4/c1-3-36-26(34)17-29-28(35)31(21-14-15-21)18-25(33)32-23-8-5-4-7-22(23)30-16-6-9-24(30)27(32)20-12-10-19(2)11-13-20/h4-13,16,21,27H,3,14-15,17-18H2,1-2H3,(H,29,35). The van der Waals surface area contributed by atoms with Gasteiger partial charge < -0.3 is 19.5 Å². The molecule has 1 atom stereocenters. The van der Waals surface area contributed by atoms with E-state index in [1.54, 1.807) is 11.8 Å². The number of amides is 3. The number of aromatic nitrogens is 1. The molecule has 186 valence electrons. The molecule has 8 heteroatoms. The molecule has 2 aromatic carbocycles. The number of fused-ring (bicyclic) bond motifs is 3.